The smallest absolute Gasteiger partial charge is 0.198 e. The monoisotopic (exact) mass is 219 g/mol. The third-order valence-electron chi connectivity index (χ3n) is 1.74. The Morgan fingerprint density at radius 3 is 2.92 bits per heavy atom. The van der Waals surface area contributed by atoms with Crippen molar-refractivity contribution >= 4 is 28.1 Å². The zero-order valence-electron chi connectivity index (χ0n) is 6.99. The normalized spacial score (nSPS) is 18.8. The van der Waals surface area contributed by atoms with Crippen LogP contribution in [0.25, 0.3) is 0 Å². The van der Waals surface area contributed by atoms with Crippen LogP contribution in [-0.2, 0) is 4.74 Å². The van der Waals surface area contributed by atoms with Crippen molar-refractivity contribution < 1.29 is 4.74 Å². The lowest BCUT2D eigenvalue weighted by atomic mass is 10.5. The highest BCUT2D eigenvalue weighted by Crippen LogP contribution is 2.19. The minimum atomic E-state index is 0.542. The maximum atomic E-state index is 5.69. The van der Waals surface area contributed by atoms with Crippen LogP contribution >= 0.6 is 22.9 Å². The quantitative estimate of drug-likeness (QED) is 0.817. The lowest BCUT2D eigenvalue weighted by molar-refractivity contribution is 0.0497. The van der Waals surface area contributed by atoms with Gasteiger partial charge in [0, 0.05) is 18.5 Å². The molecule has 0 unspecified atom stereocenters. The summed E-state index contributed by atoms with van der Waals surface area (Å²) in [6, 6.07) is 0. The molecule has 1 aliphatic rings. The van der Waals surface area contributed by atoms with Gasteiger partial charge in [0.25, 0.3) is 0 Å². The molecular weight excluding hydrogens is 210 g/mol. The molecule has 0 spiro atoms. The molecule has 1 saturated heterocycles. The number of thiazole rings is 1. The van der Waals surface area contributed by atoms with Crippen LogP contribution in [0.1, 0.15) is 0 Å². The van der Waals surface area contributed by atoms with Crippen molar-refractivity contribution in [3.05, 3.63) is 10.5 Å². The number of hydrazine groups is 1. The van der Waals surface area contributed by atoms with Gasteiger partial charge in [-0.1, -0.05) is 11.6 Å². The van der Waals surface area contributed by atoms with Gasteiger partial charge in [-0.3, -0.25) is 5.43 Å². The molecule has 2 rings (SSSR count). The Morgan fingerprint density at radius 1 is 1.54 bits per heavy atom. The first-order valence-corrected chi connectivity index (χ1v) is 5.31. The van der Waals surface area contributed by atoms with Crippen LogP contribution in [0.4, 0.5) is 5.13 Å². The van der Waals surface area contributed by atoms with E-state index >= 15 is 0 Å². The predicted molar refractivity (Wildman–Crippen MR) is 53.1 cm³/mol. The second-order valence-electron chi connectivity index (χ2n) is 2.69. The number of aromatic nitrogens is 1. The fourth-order valence-electron chi connectivity index (χ4n) is 1.12. The van der Waals surface area contributed by atoms with Gasteiger partial charge >= 0.3 is 0 Å². The van der Waals surface area contributed by atoms with Crippen molar-refractivity contribution in [1.82, 2.24) is 9.99 Å². The summed E-state index contributed by atoms with van der Waals surface area (Å²) < 4.78 is 5.22. The van der Waals surface area contributed by atoms with Crippen molar-refractivity contribution in [2.24, 2.45) is 0 Å². The molecule has 2 heterocycles. The second kappa shape index (κ2) is 4.23. The van der Waals surface area contributed by atoms with Gasteiger partial charge in [-0.2, -0.15) is 0 Å². The van der Waals surface area contributed by atoms with E-state index in [4.69, 9.17) is 16.3 Å². The third kappa shape index (κ3) is 2.54. The second-order valence-corrected chi connectivity index (χ2v) is 3.93. The van der Waals surface area contributed by atoms with Gasteiger partial charge < -0.3 is 4.74 Å². The number of nitrogens with one attached hydrogen (secondary N) is 1. The first kappa shape index (κ1) is 9.21. The molecule has 0 aromatic carbocycles. The van der Waals surface area contributed by atoms with Gasteiger partial charge in [0.15, 0.2) is 5.13 Å². The van der Waals surface area contributed by atoms with E-state index in [1.807, 2.05) is 5.38 Å². The number of rotatable bonds is 2. The van der Waals surface area contributed by atoms with E-state index in [1.54, 1.807) is 0 Å². The van der Waals surface area contributed by atoms with Gasteiger partial charge in [0.1, 0.15) is 5.15 Å². The molecule has 6 heteroatoms. The molecule has 1 N–H and O–H groups in total. The van der Waals surface area contributed by atoms with E-state index in [9.17, 15) is 0 Å². The fourth-order valence-corrected chi connectivity index (χ4v) is 1.98. The number of nitrogens with zero attached hydrogens (tertiary/aromatic N) is 2. The molecule has 1 aliphatic heterocycles. The molecule has 1 aromatic rings. The minimum absolute atomic E-state index is 0.542. The molecule has 1 aromatic heterocycles. The molecule has 4 nitrogen and oxygen atoms in total. The standard InChI is InChI=1S/C7H10ClN3OS/c8-6-5-13-7(9-6)10-11-1-3-12-4-2-11/h5H,1-4H2,(H,9,10). The SMILES string of the molecule is Clc1csc(NN2CCOCC2)n1. The Balaban J connectivity index is 1.89. The first-order valence-electron chi connectivity index (χ1n) is 4.05. The molecule has 1 fully saturated rings. The van der Waals surface area contributed by atoms with Crippen molar-refractivity contribution in [3.8, 4) is 0 Å². The molecular formula is C7H10ClN3OS. The minimum Gasteiger partial charge on any atom is -0.379 e. The Bertz CT molecular complexity index is 274. The maximum absolute atomic E-state index is 5.69. The van der Waals surface area contributed by atoms with Gasteiger partial charge in [0.2, 0.25) is 0 Å². The van der Waals surface area contributed by atoms with E-state index in [0.29, 0.717) is 5.15 Å². The summed E-state index contributed by atoms with van der Waals surface area (Å²) >= 11 is 7.20. The lowest BCUT2D eigenvalue weighted by Crippen LogP contribution is -2.40. The van der Waals surface area contributed by atoms with E-state index < -0.39 is 0 Å². The summed E-state index contributed by atoms with van der Waals surface area (Å²) in [5.74, 6) is 0. The first-order chi connectivity index (χ1) is 6.34. The van der Waals surface area contributed by atoms with Gasteiger partial charge in [-0.15, -0.1) is 11.3 Å². The summed E-state index contributed by atoms with van der Waals surface area (Å²) in [6.07, 6.45) is 0. The van der Waals surface area contributed by atoms with Crippen LogP contribution in [0, 0.1) is 0 Å². The summed E-state index contributed by atoms with van der Waals surface area (Å²) in [5, 5.41) is 5.27. The van der Waals surface area contributed by atoms with Crippen molar-refractivity contribution in [1.29, 1.82) is 0 Å². The largest absolute Gasteiger partial charge is 0.379 e. The summed E-state index contributed by atoms with van der Waals surface area (Å²) in [6.45, 7) is 3.31. The zero-order valence-corrected chi connectivity index (χ0v) is 8.57. The Hall–Kier alpha value is -0.360. The third-order valence-corrected chi connectivity index (χ3v) is 2.81. The summed E-state index contributed by atoms with van der Waals surface area (Å²) in [7, 11) is 0. The van der Waals surface area contributed by atoms with Crippen LogP contribution in [0.5, 0.6) is 0 Å². The van der Waals surface area contributed by atoms with Gasteiger partial charge in [-0.05, 0) is 0 Å². The number of anilines is 1. The maximum Gasteiger partial charge on any atom is 0.198 e. The van der Waals surface area contributed by atoms with Crippen LogP contribution in [0.2, 0.25) is 5.15 Å². The summed E-state index contributed by atoms with van der Waals surface area (Å²) in [4.78, 5) is 4.10. The van der Waals surface area contributed by atoms with E-state index in [0.717, 1.165) is 31.4 Å². The van der Waals surface area contributed by atoms with E-state index in [-0.39, 0.29) is 0 Å². The Morgan fingerprint density at radius 2 is 2.31 bits per heavy atom. The Labute approximate surface area is 85.4 Å². The number of halogens is 1. The van der Waals surface area contributed by atoms with Crippen LogP contribution in [0.15, 0.2) is 5.38 Å². The average molecular weight is 220 g/mol. The van der Waals surface area contributed by atoms with Crippen molar-refractivity contribution in [3.63, 3.8) is 0 Å². The molecule has 0 radical (unpaired) electrons. The number of hydrogen-bond acceptors (Lipinski definition) is 5. The highest BCUT2D eigenvalue weighted by atomic mass is 35.5. The molecule has 0 saturated carbocycles. The number of morpholine rings is 1. The number of ether oxygens (including phenoxy) is 1. The van der Waals surface area contributed by atoms with Crippen molar-refractivity contribution in [2.75, 3.05) is 31.7 Å². The molecule has 0 aliphatic carbocycles. The molecule has 0 atom stereocenters. The molecule has 0 amide bonds. The fraction of sp³-hybridized carbons (Fsp3) is 0.571. The Kier molecular flexibility index (Phi) is 3.00. The van der Waals surface area contributed by atoms with Crippen LogP contribution < -0.4 is 5.43 Å². The number of hydrogen-bond donors (Lipinski definition) is 1. The molecule has 0 bridgehead atoms. The van der Waals surface area contributed by atoms with Crippen LogP contribution in [0.3, 0.4) is 0 Å². The summed E-state index contributed by atoms with van der Waals surface area (Å²) in [5.41, 5.74) is 3.18. The van der Waals surface area contributed by atoms with Gasteiger partial charge in [0.05, 0.1) is 13.2 Å². The van der Waals surface area contributed by atoms with Crippen molar-refractivity contribution in [2.45, 2.75) is 0 Å². The van der Waals surface area contributed by atoms with Gasteiger partial charge in [-0.25, -0.2) is 9.99 Å². The topological polar surface area (TPSA) is 37.4 Å². The predicted octanol–water partition coefficient (Wildman–Crippen LogP) is 1.46. The van der Waals surface area contributed by atoms with E-state index in [1.165, 1.54) is 11.3 Å². The van der Waals surface area contributed by atoms with E-state index in [2.05, 4.69) is 15.4 Å². The molecule has 13 heavy (non-hydrogen) atoms. The lowest BCUT2D eigenvalue weighted by Gasteiger charge is -2.26. The highest BCUT2D eigenvalue weighted by molar-refractivity contribution is 7.14. The highest BCUT2D eigenvalue weighted by Gasteiger charge is 2.11. The van der Waals surface area contributed by atoms with Crippen LogP contribution in [-0.4, -0.2) is 36.3 Å². The molecule has 72 valence electrons. The zero-order chi connectivity index (χ0) is 9.10. The average Bonchev–Trinajstić information content (AvgIpc) is 2.53.